The van der Waals surface area contributed by atoms with E-state index in [1.165, 1.54) is 0 Å². The number of nitrogens with one attached hydrogen (secondary N) is 1. The van der Waals surface area contributed by atoms with Crippen molar-refractivity contribution in [3.05, 3.63) is 64.7 Å². The van der Waals surface area contributed by atoms with Crippen molar-refractivity contribution in [2.75, 3.05) is 0 Å². The van der Waals surface area contributed by atoms with Crippen LogP contribution in [0.3, 0.4) is 0 Å². The fourth-order valence-corrected chi connectivity index (χ4v) is 2.26. The number of hydrogen-bond acceptors (Lipinski definition) is 3. The molecule has 3 N–H and O–H groups in total. The molecule has 0 bridgehead atoms. The number of aryl methyl sites for hydroxylation is 1. The summed E-state index contributed by atoms with van der Waals surface area (Å²) >= 11 is 6.08. The molecule has 110 valence electrons. The minimum atomic E-state index is -0.804. The summed E-state index contributed by atoms with van der Waals surface area (Å²) in [6.07, 6.45) is -0.0168. The molecule has 0 aromatic heterocycles. The molecular formula is C16H17ClN2O2. The number of carbonyl (C=O) groups excluding carboxylic acids is 1. The zero-order valence-electron chi connectivity index (χ0n) is 11.7. The molecule has 0 aliphatic heterocycles. The molecule has 2 rings (SSSR count). The fraction of sp³-hybridized carbons (Fsp3) is 0.188. The first-order valence-electron chi connectivity index (χ1n) is 6.66. The van der Waals surface area contributed by atoms with Gasteiger partial charge in [0.25, 0.3) is 5.91 Å². The molecule has 0 aliphatic rings. The van der Waals surface area contributed by atoms with Crippen molar-refractivity contribution in [3.63, 3.8) is 0 Å². The molecule has 5 heteroatoms. The van der Waals surface area contributed by atoms with E-state index in [1.54, 1.807) is 12.1 Å². The Labute approximate surface area is 128 Å². The van der Waals surface area contributed by atoms with Gasteiger partial charge in [-0.05, 0) is 30.2 Å². The van der Waals surface area contributed by atoms with Gasteiger partial charge in [0.05, 0.1) is 0 Å². The minimum Gasteiger partial charge on any atom is -0.476 e. The molecule has 2 aromatic carbocycles. The first-order valence-corrected chi connectivity index (χ1v) is 7.04. The van der Waals surface area contributed by atoms with E-state index in [2.05, 4.69) is 5.43 Å². The van der Waals surface area contributed by atoms with E-state index in [-0.39, 0.29) is 0 Å². The number of amides is 1. The summed E-state index contributed by atoms with van der Waals surface area (Å²) in [5.74, 6) is 5.41. The molecule has 0 heterocycles. The number of hydrazine groups is 1. The lowest BCUT2D eigenvalue weighted by molar-refractivity contribution is -0.128. The number of rotatable bonds is 5. The molecule has 1 amide bonds. The smallest absolute Gasteiger partial charge is 0.279 e. The first-order chi connectivity index (χ1) is 10.2. The van der Waals surface area contributed by atoms with E-state index in [0.717, 1.165) is 17.5 Å². The Balaban J connectivity index is 2.29. The average Bonchev–Trinajstić information content (AvgIpc) is 2.54. The highest BCUT2D eigenvalue weighted by molar-refractivity contribution is 6.31. The number of halogens is 1. The SMILES string of the molecule is CCc1cc(OC(C(=O)NN)c2ccccc2)ccc1Cl. The van der Waals surface area contributed by atoms with Gasteiger partial charge in [-0.25, -0.2) is 5.84 Å². The molecule has 1 unspecified atom stereocenters. The lowest BCUT2D eigenvalue weighted by atomic mass is 10.1. The summed E-state index contributed by atoms with van der Waals surface area (Å²) in [4.78, 5) is 12.0. The monoisotopic (exact) mass is 304 g/mol. The van der Waals surface area contributed by atoms with E-state index in [4.69, 9.17) is 22.2 Å². The van der Waals surface area contributed by atoms with E-state index in [0.29, 0.717) is 10.8 Å². The van der Waals surface area contributed by atoms with Crippen molar-refractivity contribution in [1.82, 2.24) is 5.43 Å². The molecular weight excluding hydrogens is 288 g/mol. The maximum atomic E-state index is 12.0. The van der Waals surface area contributed by atoms with Gasteiger partial charge in [0.1, 0.15) is 5.75 Å². The van der Waals surface area contributed by atoms with E-state index in [1.807, 2.05) is 43.3 Å². The van der Waals surface area contributed by atoms with Gasteiger partial charge in [-0.15, -0.1) is 0 Å². The van der Waals surface area contributed by atoms with Crippen LogP contribution in [-0.4, -0.2) is 5.91 Å². The summed E-state index contributed by atoms with van der Waals surface area (Å²) in [6.45, 7) is 2.01. The predicted octanol–water partition coefficient (Wildman–Crippen LogP) is 3.01. The van der Waals surface area contributed by atoms with Gasteiger partial charge in [0.15, 0.2) is 0 Å². The molecule has 1 atom stereocenters. The largest absolute Gasteiger partial charge is 0.476 e. The highest BCUT2D eigenvalue weighted by Crippen LogP contribution is 2.27. The number of carbonyl (C=O) groups is 1. The third-order valence-electron chi connectivity index (χ3n) is 3.13. The standard InChI is InChI=1S/C16H17ClN2O2/c1-2-11-10-13(8-9-14(11)17)21-15(16(20)19-18)12-6-4-3-5-7-12/h3-10,15H,2,18H2,1H3,(H,19,20). The van der Waals surface area contributed by atoms with Crippen LogP contribution in [0.4, 0.5) is 0 Å². The third kappa shape index (κ3) is 3.74. The number of nitrogens with two attached hydrogens (primary N) is 1. The Morgan fingerprint density at radius 3 is 2.62 bits per heavy atom. The van der Waals surface area contributed by atoms with Crippen LogP contribution < -0.4 is 16.0 Å². The summed E-state index contributed by atoms with van der Waals surface area (Å²) in [6, 6.07) is 14.5. The summed E-state index contributed by atoms with van der Waals surface area (Å²) in [5, 5.41) is 0.685. The summed E-state index contributed by atoms with van der Waals surface area (Å²) in [5.41, 5.74) is 3.83. The van der Waals surface area contributed by atoms with Gasteiger partial charge in [0.2, 0.25) is 6.10 Å². The summed E-state index contributed by atoms with van der Waals surface area (Å²) in [7, 11) is 0. The Morgan fingerprint density at radius 2 is 2.00 bits per heavy atom. The zero-order chi connectivity index (χ0) is 15.2. The molecule has 0 spiro atoms. The quantitative estimate of drug-likeness (QED) is 0.507. The Morgan fingerprint density at radius 1 is 1.29 bits per heavy atom. The van der Waals surface area contributed by atoms with Crippen LogP contribution in [0.2, 0.25) is 5.02 Å². The van der Waals surface area contributed by atoms with Crippen molar-refractivity contribution in [3.8, 4) is 5.75 Å². The van der Waals surface area contributed by atoms with Crippen molar-refractivity contribution in [2.45, 2.75) is 19.4 Å². The number of benzene rings is 2. The van der Waals surface area contributed by atoms with Crippen molar-refractivity contribution >= 4 is 17.5 Å². The van der Waals surface area contributed by atoms with E-state index < -0.39 is 12.0 Å². The zero-order valence-corrected chi connectivity index (χ0v) is 12.4. The van der Waals surface area contributed by atoms with Crippen LogP contribution in [0.15, 0.2) is 48.5 Å². The second-order valence-electron chi connectivity index (χ2n) is 4.52. The highest BCUT2D eigenvalue weighted by atomic mass is 35.5. The molecule has 0 saturated heterocycles. The van der Waals surface area contributed by atoms with E-state index in [9.17, 15) is 4.79 Å². The molecule has 0 radical (unpaired) electrons. The lowest BCUT2D eigenvalue weighted by Crippen LogP contribution is -2.37. The van der Waals surface area contributed by atoms with Crippen molar-refractivity contribution < 1.29 is 9.53 Å². The maximum Gasteiger partial charge on any atom is 0.279 e. The molecule has 0 fully saturated rings. The van der Waals surface area contributed by atoms with Crippen LogP contribution in [-0.2, 0) is 11.2 Å². The molecule has 0 saturated carbocycles. The maximum absolute atomic E-state index is 12.0. The Kier molecular flexibility index (Phi) is 5.20. The van der Waals surface area contributed by atoms with Crippen molar-refractivity contribution in [1.29, 1.82) is 0 Å². The summed E-state index contributed by atoms with van der Waals surface area (Å²) < 4.78 is 5.80. The second-order valence-corrected chi connectivity index (χ2v) is 4.93. The van der Waals surface area contributed by atoms with Gasteiger partial charge in [0, 0.05) is 10.6 Å². The van der Waals surface area contributed by atoms with E-state index >= 15 is 0 Å². The topological polar surface area (TPSA) is 64.3 Å². The lowest BCUT2D eigenvalue weighted by Gasteiger charge is -2.18. The molecule has 2 aromatic rings. The Hall–Kier alpha value is -2.04. The molecule has 21 heavy (non-hydrogen) atoms. The average molecular weight is 305 g/mol. The van der Waals surface area contributed by atoms with Crippen LogP contribution in [0.25, 0.3) is 0 Å². The van der Waals surface area contributed by atoms with Crippen molar-refractivity contribution in [2.24, 2.45) is 5.84 Å². The minimum absolute atomic E-state index is 0.408. The first kappa shape index (κ1) is 15.4. The Bertz CT molecular complexity index is 617. The van der Waals surface area contributed by atoms with Gasteiger partial charge in [-0.2, -0.15) is 0 Å². The van der Waals surface area contributed by atoms with Crippen LogP contribution in [0, 0.1) is 0 Å². The third-order valence-corrected chi connectivity index (χ3v) is 3.50. The van der Waals surface area contributed by atoms with Crippen LogP contribution >= 0.6 is 11.6 Å². The van der Waals surface area contributed by atoms with Gasteiger partial charge in [-0.3, -0.25) is 10.2 Å². The fourth-order valence-electron chi connectivity index (χ4n) is 2.01. The van der Waals surface area contributed by atoms with Crippen LogP contribution in [0.5, 0.6) is 5.75 Å². The molecule has 4 nitrogen and oxygen atoms in total. The van der Waals surface area contributed by atoms with Gasteiger partial charge in [-0.1, -0.05) is 48.9 Å². The number of hydrogen-bond donors (Lipinski definition) is 2. The highest BCUT2D eigenvalue weighted by Gasteiger charge is 2.21. The predicted molar refractivity (Wildman–Crippen MR) is 83.0 cm³/mol. The molecule has 0 aliphatic carbocycles. The van der Waals surface area contributed by atoms with Gasteiger partial charge >= 0.3 is 0 Å². The number of ether oxygens (including phenoxy) is 1. The second kappa shape index (κ2) is 7.11. The normalized spacial score (nSPS) is 11.8. The van der Waals surface area contributed by atoms with Crippen LogP contribution in [0.1, 0.15) is 24.2 Å². The van der Waals surface area contributed by atoms with Gasteiger partial charge < -0.3 is 4.74 Å².